The van der Waals surface area contributed by atoms with E-state index in [4.69, 9.17) is 0 Å². The van der Waals surface area contributed by atoms with E-state index in [1.165, 1.54) is 11.8 Å². The van der Waals surface area contributed by atoms with Crippen molar-refractivity contribution in [2.24, 2.45) is 0 Å². The van der Waals surface area contributed by atoms with Crippen LogP contribution in [0.1, 0.15) is 17.5 Å². The first-order chi connectivity index (χ1) is 10.0. The van der Waals surface area contributed by atoms with Crippen LogP contribution in [0.3, 0.4) is 0 Å². The highest BCUT2D eigenvalue weighted by molar-refractivity contribution is 7.99. The Kier molecular flexibility index (Phi) is 5.08. The molecule has 1 atom stereocenters. The van der Waals surface area contributed by atoms with E-state index < -0.39 is 17.7 Å². The van der Waals surface area contributed by atoms with Gasteiger partial charge in [0.1, 0.15) is 17.5 Å². The van der Waals surface area contributed by atoms with Gasteiger partial charge < -0.3 is 9.67 Å². The monoisotopic (exact) mass is 311 g/mol. The molecule has 112 valence electrons. The molecule has 1 aromatic heterocycles. The van der Waals surface area contributed by atoms with E-state index >= 15 is 0 Å². The number of thioether (sulfide) groups is 1. The largest absolute Gasteiger partial charge is 0.387 e. The minimum absolute atomic E-state index is 0.0611. The molecule has 1 unspecified atom stereocenters. The maximum atomic E-state index is 13.6. The van der Waals surface area contributed by atoms with E-state index in [1.807, 2.05) is 11.5 Å². The Morgan fingerprint density at radius 1 is 1.43 bits per heavy atom. The Bertz CT molecular complexity index is 645. The molecule has 0 amide bonds. The van der Waals surface area contributed by atoms with Crippen LogP contribution in [0.4, 0.5) is 8.78 Å². The fourth-order valence-corrected chi connectivity index (χ4v) is 2.77. The molecule has 7 heteroatoms. The predicted octanol–water partition coefficient (Wildman–Crippen LogP) is 2.88. The van der Waals surface area contributed by atoms with Gasteiger partial charge in [-0.05, 0) is 25.1 Å². The van der Waals surface area contributed by atoms with Crippen molar-refractivity contribution in [3.63, 3.8) is 0 Å². The van der Waals surface area contributed by atoms with Crippen molar-refractivity contribution < 1.29 is 13.9 Å². The van der Waals surface area contributed by atoms with E-state index in [9.17, 15) is 13.9 Å². The fourth-order valence-electron chi connectivity index (χ4n) is 1.82. The molecule has 0 bridgehead atoms. The van der Waals surface area contributed by atoms with Crippen molar-refractivity contribution in [3.05, 3.63) is 53.9 Å². The van der Waals surface area contributed by atoms with Gasteiger partial charge in [-0.3, -0.25) is 0 Å². The molecule has 0 saturated carbocycles. The molecule has 21 heavy (non-hydrogen) atoms. The van der Waals surface area contributed by atoms with Crippen molar-refractivity contribution in [2.45, 2.75) is 24.7 Å². The second-order valence-electron chi connectivity index (χ2n) is 4.42. The van der Waals surface area contributed by atoms with Gasteiger partial charge in [-0.2, -0.15) is 0 Å². The van der Waals surface area contributed by atoms with Crippen molar-refractivity contribution in [1.29, 1.82) is 0 Å². The lowest BCUT2D eigenvalue weighted by Crippen LogP contribution is -2.06. The first-order valence-electron chi connectivity index (χ1n) is 6.29. The number of rotatable bonds is 6. The molecule has 0 saturated heterocycles. The first kappa shape index (κ1) is 15.7. The summed E-state index contributed by atoms with van der Waals surface area (Å²) in [6, 6.07) is 3.02. The number of benzene rings is 1. The van der Waals surface area contributed by atoms with E-state index in [0.717, 1.165) is 24.0 Å². The number of aliphatic hydroxyl groups is 1. The molecule has 1 aromatic carbocycles. The number of aryl methyl sites for hydroxylation is 1. The maximum Gasteiger partial charge on any atom is 0.191 e. The van der Waals surface area contributed by atoms with Crippen LogP contribution in [-0.2, 0) is 6.54 Å². The van der Waals surface area contributed by atoms with Crippen LogP contribution < -0.4 is 0 Å². The molecular formula is C14H15F2N3OS. The predicted molar refractivity (Wildman–Crippen MR) is 77.0 cm³/mol. The average Bonchev–Trinajstić information content (AvgIpc) is 2.80. The highest BCUT2D eigenvalue weighted by Gasteiger charge is 2.16. The van der Waals surface area contributed by atoms with E-state index in [-0.39, 0.29) is 11.3 Å². The highest BCUT2D eigenvalue weighted by Crippen LogP contribution is 2.26. The Balaban J connectivity index is 2.09. The lowest BCUT2D eigenvalue weighted by atomic mass is 10.1. The third-order valence-corrected chi connectivity index (χ3v) is 3.94. The summed E-state index contributed by atoms with van der Waals surface area (Å²) in [5.41, 5.74) is -0.0611. The summed E-state index contributed by atoms with van der Waals surface area (Å²) in [5, 5.41) is 18.5. The second kappa shape index (κ2) is 6.82. The molecule has 1 heterocycles. The van der Waals surface area contributed by atoms with Crippen LogP contribution in [0.25, 0.3) is 0 Å². The topological polar surface area (TPSA) is 50.9 Å². The van der Waals surface area contributed by atoms with Crippen LogP contribution in [-0.4, -0.2) is 25.6 Å². The van der Waals surface area contributed by atoms with Crippen LogP contribution in [0.5, 0.6) is 0 Å². The highest BCUT2D eigenvalue weighted by atomic mass is 32.2. The number of halogens is 2. The minimum Gasteiger partial charge on any atom is -0.387 e. The van der Waals surface area contributed by atoms with Crippen LogP contribution in [0.15, 0.2) is 36.0 Å². The molecule has 2 aromatic rings. The van der Waals surface area contributed by atoms with Crippen LogP contribution >= 0.6 is 11.8 Å². The quantitative estimate of drug-likeness (QED) is 0.658. The van der Waals surface area contributed by atoms with Gasteiger partial charge in [-0.15, -0.1) is 16.8 Å². The van der Waals surface area contributed by atoms with Crippen LogP contribution in [0, 0.1) is 18.6 Å². The molecule has 2 rings (SSSR count). The summed E-state index contributed by atoms with van der Waals surface area (Å²) in [4.78, 5) is 0. The number of allylic oxidation sites excluding steroid dienone is 1. The summed E-state index contributed by atoms with van der Waals surface area (Å²) in [7, 11) is 0. The van der Waals surface area contributed by atoms with Gasteiger partial charge in [0.2, 0.25) is 0 Å². The van der Waals surface area contributed by atoms with Crippen molar-refractivity contribution >= 4 is 11.8 Å². The molecule has 0 aliphatic carbocycles. The standard InChI is InChI=1S/C14H15F2N3OS/c1-3-6-19-9(2)17-18-14(19)21-8-13(20)11-7-10(15)4-5-12(11)16/h3-5,7,13,20H,1,6,8H2,2H3. The van der Waals surface area contributed by atoms with E-state index in [2.05, 4.69) is 16.8 Å². The average molecular weight is 311 g/mol. The Hall–Kier alpha value is -1.73. The van der Waals surface area contributed by atoms with Crippen molar-refractivity contribution in [1.82, 2.24) is 14.8 Å². The first-order valence-corrected chi connectivity index (χ1v) is 7.28. The summed E-state index contributed by atoms with van der Waals surface area (Å²) >= 11 is 1.23. The molecule has 0 spiro atoms. The van der Waals surface area contributed by atoms with Gasteiger partial charge in [0.05, 0.1) is 6.10 Å². The fraction of sp³-hybridized carbons (Fsp3) is 0.286. The Morgan fingerprint density at radius 3 is 2.90 bits per heavy atom. The van der Waals surface area contributed by atoms with Crippen LogP contribution in [0.2, 0.25) is 0 Å². The van der Waals surface area contributed by atoms with Gasteiger partial charge in [0.15, 0.2) is 5.16 Å². The molecule has 4 nitrogen and oxygen atoms in total. The third-order valence-electron chi connectivity index (χ3n) is 2.90. The lowest BCUT2D eigenvalue weighted by Gasteiger charge is -2.12. The summed E-state index contributed by atoms with van der Waals surface area (Å²) in [6.07, 6.45) is 0.586. The summed E-state index contributed by atoms with van der Waals surface area (Å²) in [6.45, 7) is 6.01. The van der Waals surface area contributed by atoms with E-state index in [1.54, 1.807) is 6.08 Å². The number of aliphatic hydroxyl groups excluding tert-OH is 1. The molecule has 0 aliphatic heterocycles. The van der Waals surface area contributed by atoms with Gasteiger partial charge in [-0.1, -0.05) is 17.8 Å². The molecular weight excluding hydrogens is 296 g/mol. The number of nitrogens with zero attached hydrogens (tertiary/aromatic N) is 3. The molecule has 0 radical (unpaired) electrons. The zero-order valence-electron chi connectivity index (χ0n) is 11.5. The Labute approximate surface area is 125 Å². The summed E-state index contributed by atoms with van der Waals surface area (Å²) < 4.78 is 28.5. The zero-order chi connectivity index (χ0) is 15.4. The molecule has 1 N–H and O–H groups in total. The smallest absolute Gasteiger partial charge is 0.191 e. The summed E-state index contributed by atoms with van der Waals surface area (Å²) in [5.74, 6) is -0.339. The molecule has 0 fully saturated rings. The van der Waals surface area contributed by atoms with Gasteiger partial charge in [0.25, 0.3) is 0 Å². The zero-order valence-corrected chi connectivity index (χ0v) is 12.3. The van der Waals surface area contributed by atoms with Gasteiger partial charge in [-0.25, -0.2) is 8.78 Å². The maximum absolute atomic E-state index is 13.6. The molecule has 0 aliphatic rings. The second-order valence-corrected chi connectivity index (χ2v) is 5.41. The number of aromatic nitrogens is 3. The normalized spacial score (nSPS) is 12.4. The third kappa shape index (κ3) is 3.68. The minimum atomic E-state index is -1.13. The Morgan fingerprint density at radius 2 is 2.19 bits per heavy atom. The number of hydrogen-bond donors (Lipinski definition) is 1. The van der Waals surface area contributed by atoms with Gasteiger partial charge in [0, 0.05) is 17.9 Å². The lowest BCUT2D eigenvalue weighted by molar-refractivity contribution is 0.198. The SMILES string of the molecule is C=CCn1c(C)nnc1SCC(O)c1cc(F)ccc1F. The van der Waals surface area contributed by atoms with Crippen molar-refractivity contribution in [2.75, 3.05) is 5.75 Å². The number of hydrogen-bond acceptors (Lipinski definition) is 4. The van der Waals surface area contributed by atoms with Gasteiger partial charge >= 0.3 is 0 Å². The van der Waals surface area contributed by atoms with Crippen molar-refractivity contribution in [3.8, 4) is 0 Å². The van der Waals surface area contributed by atoms with E-state index in [0.29, 0.717) is 11.7 Å².